The molecule has 2 heterocycles. The van der Waals surface area contributed by atoms with Crippen molar-refractivity contribution in [3.05, 3.63) is 54.7 Å². The Morgan fingerprint density at radius 2 is 2.05 bits per heavy atom. The molecule has 21 heavy (non-hydrogen) atoms. The quantitative estimate of drug-likeness (QED) is 0.755. The van der Waals surface area contributed by atoms with Gasteiger partial charge in [-0.05, 0) is 18.6 Å². The van der Waals surface area contributed by atoms with E-state index in [2.05, 4.69) is 22.0 Å². The van der Waals surface area contributed by atoms with Gasteiger partial charge in [0.15, 0.2) is 0 Å². The molecule has 0 bridgehead atoms. The molecule has 0 spiro atoms. The summed E-state index contributed by atoms with van der Waals surface area (Å²) in [6, 6.07) is 10.0. The van der Waals surface area contributed by atoms with Crippen LogP contribution in [0.5, 0.6) is 0 Å². The van der Waals surface area contributed by atoms with Crippen LogP contribution in [0.25, 0.3) is 16.9 Å². The van der Waals surface area contributed by atoms with E-state index in [9.17, 15) is 0 Å². The first-order chi connectivity index (χ1) is 10.3. The molecule has 3 rings (SSSR count). The number of nitrogens with zero attached hydrogens (tertiary/aromatic N) is 3. The first-order valence-corrected chi connectivity index (χ1v) is 7.17. The maximum absolute atomic E-state index is 5.77. The van der Waals surface area contributed by atoms with E-state index in [1.165, 1.54) is 0 Å². The van der Waals surface area contributed by atoms with Gasteiger partial charge in [-0.1, -0.05) is 25.1 Å². The Hall–Kier alpha value is -2.40. The molecule has 5 nitrogen and oxygen atoms in total. The van der Waals surface area contributed by atoms with Crippen LogP contribution in [0.3, 0.4) is 0 Å². The zero-order valence-electron chi connectivity index (χ0n) is 12.0. The van der Waals surface area contributed by atoms with Gasteiger partial charge in [0.25, 0.3) is 0 Å². The number of nitrogens with one attached hydrogen (secondary N) is 1. The number of rotatable bonds is 5. The van der Waals surface area contributed by atoms with Crippen LogP contribution in [-0.2, 0) is 0 Å². The zero-order chi connectivity index (χ0) is 14.7. The Kier molecular flexibility index (Phi) is 3.83. The average Bonchev–Trinajstić information content (AvgIpc) is 3.18. The molecule has 5 heteroatoms. The van der Waals surface area contributed by atoms with Crippen molar-refractivity contribution in [2.24, 2.45) is 5.73 Å². The summed E-state index contributed by atoms with van der Waals surface area (Å²) in [7, 11) is 0. The Morgan fingerprint density at radius 1 is 1.24 bits per heavy atom. The van der Waals surface area contributed by atoms with E-state index in [1.807, 2.05) is 53.6 Å². The van der Waals surface area contributed by atoms with Crippen molar-refractivity contribution in [3.63, 3.8) is 0 Å². The lowest BCUT2D eigenvalue weighted by Crippen LogP contribution is -2.12. The third kappa shape index (κ3) is 2.73. The van der Waals surface area contributed by atoms with Gasteiger partial charge in [-0.15, -0.1) is 0 Å². The number of para-hydroxylation sites is 1. The van der Waals surface area contributed by atoms with Crippen LogP contribution >= 0.6 is 0 Å². The van der Waals surface area contributed by atoms with Gasteiger partial charge in [0, 0.05) is 24.2 Å². The van der Waals surface area contributed by atoms with Crippen LogP contribution in [-0.4, -0.2) is 26.3 Å². The maximum atomic E-state index is 5.77. The minimum absolute atomic E-state index is 0.280. The van der Waals surface area contributed by atoms with E-state index in [4.69, 9.17) is 5.73 Å². The molecule has 1 aromatic carbocycles. The molecule has 0 aliphatic rings. The van der Waals surface area contributed by atoms with Crippen LogP contribution in [0.15, 0.2) is 48.9 Å². The highest BCUT2D eigenvalue weighted by molar-refractivity contribution is 5.57. The van der Waals surface area contributed by atoms with Gasteiger partial charge in [0.05, 0.1) is 23.8 Å². The third-order valence-electron chi connectivity index (χ3n) is 3.67. The van der Waals surface area contributed by atoms with E-state index < -0.39 is 0 Å². The molecular formula is C16H19N5. The summed E-state index contributed by atoms with van der Waals surface area (Å²) >= 11 is 0. The highest BCUT2D eigenvalue weighted by Crippen LogP contribution is 2.21. The van der Waals surface area contributed by atoms with Crippen molar-refractivity contribution in [2.75, 3.05) is 6.54 Å². The second kappa shape index (κ2) is 5.93. The lowest BCUT2D eigenvalue weighted by atomic mass is 10.1. The minimum Gasteiger partial charge on any atom is -0.342 e. The Balaban J connectivity index is 1.87. The summed E-state index contributed by atoms with van der Waals surface area (Å²) in [4.78, 5) is 7.80. The summed E-state index contributed by atoms with van der Waals surface area (Å²) in [6.45, 7) is 2.72. The van der Waals surface area contributed by atoms with Crippen molar-refractivity contribution in [3.8, 4) is 16.9 Å². The summed E-state index contributed by atoms with van der Waals surface area (Å²) in [5, 5.41) is 4.40. The SMILES string of the molecule is CCC(CN)c1ncc(-c2cnn(-c3ccccc3)c2)[nH]1. The molecular weight excluding hydrogens is 262 g/mol. The molecule has 1 unspecified atom stereocenters. The number of hydrogen-bond donors (Lipinski definition) is 2. The maximum Gasteiger partial charge on any atom is 0.110 e. The molecule has 0 aliphatic carbocycles. The molecule has 0 saturated heterocycles. The number of benzene rings is 1. The Morgan fingerprint density at radius 3 is 2.76 bits per heavy atom. The van der Waals surface area contributed by atoms with Crippen LogP contribution < -0.4 is 5.73 Å². The molecule has 0 aliphatic heterocycles. The van der Waals surface area contributed by atoms with Crippen molar-refractivity contribution in [1.82, 2.24) is 19.7 Å². The van der Waals surface area contributed by atoms with E-state index in [0.717, 1.165) is 29.2 Å². The van der Waals surface area contributed by atoms with Crippen LogP contribution in [0.4, 0.5) is 0 Å². The van der Waals surface area contributed by atoms with Gasteiger partial charge in [-0.25, -0.2) is 9.67 Å². The van der Waals surface area contributed by atoms with E-state index in [1.54, 1.807) is 0 Å². The number of H-pyrrole nitrogens is 1. The van der Waals surface area contributed by atoms with Gasteiger partial charge in [0.1, 0.15) is 5.82 Å². The first-order valence-electron chi connectivity index (χ1n) is 7.17. The minimum atomic E-state index is 0.280. The first kappa shape index (κ1) is 13.6. The molecule has 108 valence electrons. The van der Waals surface area contributed by atoms with Gasteiger partial charge in [-0.2, -0.15) is 5.10 Å². The second-order valence-electron chi connectivity index (χ2n) is 5.03. The third-order valence-corrected chi connectivity index (χ3v) is 3.67. The predicted molar refractivity (Wildman–Crippen MR) is 83.2 cm³/mol. The fourth-order valence-electron chi connectivity index (χ4n) is 2.35. The zero-order valence-corrected chi connectivity index (χ0v) is 12.0. The molecule has 0 amide bonds. The van der Waals surface area contributed by atoms with E-state index in [-0.39, 0.29) is 5.92 Å². The molecule has 0 radical (unpaired) electrons. The fraction of sp³-hybridized carbons (Fsp3) is 0.250. The van der Waals surface area contributed by atoms with Crippen LogP contribution in [0, 0.1) is 0 Å². The van der Waals surface area contributed by atoms with Gasteiger partial charge < -0.3 is 10.7 Å². The summed E-state index contributed by atoms with van der Waals surface area (Å²) in [6.07, 6.45) is 6.66. The van der Waals surface area contributed by atoms with Crippen molar-refractivity contribution in [1.29, 1.82) is 0 Å². The van der Waals surface area contributed by atoms with Gasteiger partial charge in [0.2, 0.25) is 0 Å². The highest BCUT2D eigenvalue weighted by Gasteiger charge is 2.13. The molecule has 1 atom stereocenters. The van der Waals surface area contributed by atoms with Gasteiger partial charge >= 0.3 is 0 Å². The molecule has 0 saturated carbocycles. The van der Waals surface area contributed by atoms with Gasteiger partial charge in [-0.3, -0.25) is 0 Å². The lowest BCUT2D eigenvalue weighted by Gasteiger charge is -2.07. The Labute approximate surface area is 123 Å². The Bertz CT molecular complexity index is 694. The molecule has 3 aromatic rings. The monoisotopic (exact) mass is 281 g/mol. The summed E-state index contributed by atoms with van der Waals surface area (Å²) in [5.74, 6) is 1.23. The summed E-state index contributed by atoms with van der Waals surface area (Å²) in [5.41, 5.74) is 8.80. The normalized spacial score (nSPS) is 12.5. The topological polar surface area (TPSA) is 72.5 Å². The lowest BCUT2D eigenvalue weighted by molar-refractivity contribution is 0.639. The number of aromatic amines is 1. The second-order valence-corrected chi connectivity index (χ2v) is 5.03. The average molecular weight is 281 g/mol. The highest BCUT2D eigenvalue weighted by atomic mass is 15.3. The molecule has 3 N–H and O–H groups in total. The number of hydrogen-bond acceptors (Lipinski definition) is 3. The molecule has 0 fully saturated rings. The van der Waals surface area contributed by atoms with E-state index >= 15 is 0 Å². The van der Waals surface area contributed by atoms with Crippen LogP contribution in [0.1, 0.15) is 25.1 Å². The smallest absolute Gasteiger partial charge is 0.110 e. The molecule has 2 aromatic heterocycles. The number of nitrogens with two attached hydrogens (primary N) is 1. The summed E-state index contributed by atoms with van der Waals surface area (Å²) < 4.78 is 1.86. The number of aromatic nitrogens is 4. The fourth-order valence-corrected chi connectivity index (χ4v) is 2.35. The van der Waals surface area contributed by atoms with Crippen molar-refractivity contribution >= 4 is 0 Å². The van der Waals surface area contributed by atoms with Crippen molar-refractivity contribution in [2.45, 2.75) is 19.3 Å². The predicted octanol–water partition coefficient (Wildman–Crippen LogP) is 2.71. The number of imidazole rings is 1. The standard InChI is InChI=1S/C16H19N5/c1-2-12(8-17)16-18-10-15(20-16)13-9-19-21(11-13)14-6-4-3-5-7-14/h3-7,9-12H,2,8,17H2,1H3,(H,18,20). The largest absolute Gasteiger partial charge is 0.342 e. The van der Waals surface area contributed by atoms with Crippen molar-refractivity contribution < 1.29 is 0 Å². The van der Waals surface area contributed by atoms with E-state index in [0.29, 0.717) is 6.54 Å². The van der Waals surface area contributed by atoms with Crippen LogP contribution in [0.2, 0.25) is 0 Å².